The van der Waals surface area contributed by atoms with Crippen LogP contribution in [0.3, 0.4) is 0 Å². The number of alkyl halides is 1. The number of halogens is 2. The van der Waals surface area contributed by atoms with Crippen LogP contribution in [0.4, 0.5) is 0 Å². The van der Waals surface area contributed by atoms with Crippen molar-refractivity contribution in [2.45, 2.75) is 74.1 Å². The first kappa shape index (κ1) is 17.7. The maximum atomic E-state index is 10.1. The molecular formula is C15H22Br2O4. The molecule has 2 aliphatic heterocycles. The molecule has 2 N–H and O–H groups in total. The summed E-state index contributed by atoms with van der Waals surface area (Å²) in [6.07, 6.45) is 2.38. The number of ether oxygens (including phenoxy) is 2. The van der Waals surface area contributed by atoms with Crippen LogP contribution < -0.4 is 0 Å². The molecule has 0 radical (unpaired) electrons. The first-order valence-electron chi connectivity index (χ1n) is 7.37. The molecule has 120 valence electrons. The normalized spacial score (nSPS) is 41.4. The quantitative estimate of drug-likeness (QED) is 0.539. The van der Waals surface area contributed by atoms with Crippen molar-refractivity contribution >= 4 is 31.9 Å². The lowest BCUT2D eigenvalue weighted by atomic mass is 9.94. The number of rotatable bonds is 3. The highest BCUT2D eigenvalue weighted by molar-refractivity contribution is 9.11. The highest BCUT2D eigenvalue weighted by atomic mass is 79.9. The average molecular weight is 426 g/mol. The van der Waals surface area contributed by atoms with Crippen LogP contribution in [0.5, 0.6) is 0 Å². The van der Waals surface area contributed by atoms with Crippen LogP contribution in [0, 0.1) is 0 Å². The van der Waals surface area contributed by atoms with Gasteiger partial charge >= 0.3 is 0 Å². The molecule has 0 spiro atoms. The number of aliphatic hydroxyl groups excluding tert-OH is 2. The molecule has 2 saturated heterocycles. The van der Waals surface area contributed by atoms with Gasteiger partial charge in [-0.25, -0.2) is 0 Å². The number of fused-ring (bicyclic) bond motifs is 1. The lowest BCUT2D eigenvalue weighted by Crippen LogP contribution is -2.44. The van der Waals surface area contributed by atoms with E-state index in [9.17, 15) is 10.2 Å². The van der Waals surface area contributed by atoms with E-state index >= 15 is 0 Å². The fourth-order valence-electron chi connectivity index (χ4n) is 2.92. The van der Waals surface area contributed by atoms with Crippen LogP contribution in [-0.4, -0.2) is 51.7 Å². The molecule has 0 aromatic carbocycles. The zero-order valence-corrected chi connectivity index (χ0v) is 15.2. The summed E-state index contributed by atoms with van der Waals surface area (Å²) in [5.41, 5.74) is 2.96. The molecule has 0 amide bonds. The fraction of sp³-hybridized carbons (Fsp3) is 0.800. The Morgan fingerprint density at radius 2 is 1.86 bits per heavy atom. The molecule has 21 heavy (non-hydrogen) atoms. The Morgan fingerprint density at radius 3 is 2.52 bits per heavy atom. The van der Waals surface area contributed by atoms with Gasteiger partial charge in [0.1, 0.15) is 0 Å². The summed E-state index contributed by atoms with van der Waals surface area (Å²) in [5.74, 6) is 0. The van der Waals surface area contributed by atoms with Gasteiger partial charge in [0, 0.05) is 29.1 Å². The summed E-state index contributed by atoms with van der Waals surface area (Å²) in [5, 5.41) is 20.2. The topological polar surface area (TPSA) is 58.9 Å². The molecule has 0 bridgehead atoms. The van der Waals surface area contributed by atoms with Gasteiger partial charge in [0.25, 0.3) is 0 Å². The standard InChI is InChI=1S/C15H22Br2O4/c1-2-10(17)13-7-11(18)12(19)8-15-14(21-13)6-9(20-15)4-3-5-16/h4-5,9-15,18-19H,2,6-8H2,1H3. The maximum Gasteiger partial charge on any atom is 0.0871 e. The predicted octanol–water partition coefficient (Wildman–Crippen LogP) is 2.65. The molecule has 0 aromatic rings. The summed E-state index contributed by atoms with van der Waals surface area (Å²) in [7, 11) is 0. The molecule has 2 heterocycles. The van der Waals surface area contributed by atoms with Crippen LogP contribution in [-0.2, 0) is 9.47 Å². The van der Waals surface area contributed by atoms with E-state index in [2.05, 4.69) is 44.5 Å². The summed E-state index contributed by atoms with van der Waals surface area (Å²) in [6.45, 7) is 2.07. The minimum absolute atomic E-state index is 0.0536. The van der Waals surface area contributed by atoms with Gasteiger partial charge in [-0.05, 0) is 12.5 Å². The number of aliphatic hydroxyl groups is 2. The Labute approximate surface area is 142 Å². The van der Waals surface area contributed by atoms with Crippen LogP contribution in [0.2, 0.25) is 0 Å². The molecule has 0 aliphatic carbocycles. The second kappa shape index (κ2) is 8.25. The average Bonchev–Trinajstić information content (AvgIpc) is 2.83. The first-order valence-corrected chi connectivity index (χ1v) is 9.20. The molecular weight excluding hydrogens is 404 g/mol. The third kappa shape index (κ3) is 4.64. The maximum absolute atomic E-state index is 10.1. The highest BCUT2D eigenvalue weighted by Crippen LogP contribution is 2.34. The van der Waals surface area contributed by atoms with Crippen molar-refractivity contribution in [3.8, 4) is 0 Å². The molecule has 7 unspecified atom stereocenters. The Balaban J connectivity index is 2.11. The van der Waals surface area contributed by atoms with E-state index in [1.54, 1.807) is 4.99 Å². The van der Waals surface area contributed by atoms with Gasteiger partial charge in [-0.1, -0.05) is 38.8 Å². The van der Waals surface area contributed by atoms with Crippen LogP contribution in [0.15, 0.2) is 16.8 Å². The zero-order valence-electron chi connectivity index (χ0n) is 12.0. The highest BCUT2D eigenvalue weighted by Gasteiger charge is 2.42. The van der Waals surface area contributed by atoms with E-state index in [1.165, 1.54) is 0 Å². The van der Waals surface area contributed by atoms with Gasteiger partial charge in [0.2, 0.25) is 0 Å². The molecule has 7 atom stereocenters. The van der Waals surface area contributed by atoms with Gasteiger partial charge in [-0.15, -0.1) is 5.73 Å². The Morgan fingerprint density at radius 1 is 1.19 bits per heavy atom. The molecule has 2 rings (SSSR count). The van der Waals surface area contributed by atoms with Crippen LogP contribution in [0.1, 0.15) is 32.6 Å². The fourth-order valence-corrected chi connectivity index (χ4v) is 3.41. The predicted molar refractivity (Wildman–Crippen MR) is 87.8 cm³/mol. The van der Waals surface area contributed by atoms with Gasteiger partial charge < -0.3 is 19.7 Å². The summed E-state index contributed by atoms with van der Waals surface area (Å²) >= 11 is 6.79. The van der Waals surface area contributed by atoms with Crippen molar-refractivity contribution in [1.82, 2.24) is 0 Å². The second-order valence-corrected chi connectivity index (χ2v) is 7.27. The Bertz CT molecular complexity index is 397. The van der Waals surface area contributed by atoms with Crippen molar-refractivity contribution in [3.63, 3.8) is 0 Å². The van der Waals surface area contributed by atoms with Gasteiger partial charge in [-0.2, -0.15) is 0 Å². The van der Waals surface area contributed by atoms with E-state index in [-0.39, 0.29) is 29.2 Å². The zero-order chi connectivity index (χ0) is 15.4. The second-order valence-electron chi connectivity index (χ2n) is 5.63. The van der Waals surface area contributed by atoms with E-state index in [1.807, 2.05) is 6.08 Å². The minimum atomic E-state index is -0.775. The van der Waals surface area contributed by atoms with E-state index in [0.717, 1.165) is 12.8 Å². The lowest BCUT2D eigenvalue weighted by Gasteiger charge is -2.34. The number of hydrogen-bond acceptors (Lipinski definition) is 4. The molecule has 0 aromatic heterocycles. The number of hydrogen-bond donors (Lipinski definition) is 2. The van der Waals surface area contributed by atoms with Gasteiger partial charge in [0.15, 0.2) is 0 Å². The van der Waals surface area contributed by atoms with Gasteiger partial charge in [-0.3, -0.25) is 0 Å². The van der Waals surface area contributed by atoms with Crippen molar-refractivity contribution in [2.24, 2.45) is 0 Å². The van der Waals surface area contributed by atoms with Crippen LogP contribution >= 0.6 is 31.9 Å². The first-order chi connectivity index (χ1) is 10.0. The van der Waals surface area contributed by atoms with E-state index in [0.29, 0.717) is 12.8 Å². The van der Waals surface area contributed by atoms with Gasteiger partial charge in [0.05, 0.1) is 36.6 Å². The van der Waals surface area contributed by atoms with Crippen molar-refractivity contribution in [2.75, 3.05) is 0 Å². The Kier molecular flexibility index (Phi) is 6.94. The molecule has 2 aliphatic rings. The van der Waals surface area contributed by atoms with E-state index < -0.39 is 12.2 Å². The SMILES string of the molecule is CCC(Br)C1CC(O)C(O)CC2OC(C=C=CBr)CC2O1. The van der Waals surface area contributed by atoms with E-state index in [4.69, 9.17) is 9.47 Å². The molecule has 6 heteroatoms. The monoisotopic (exact) mass is 424 g/mol. The van der Waals surface area contributed by atoms with Crippen molar-refractivity contribution in [3.05, 3.63) is 16.8 Å². The summed E-state index contributed by atoms with van der Waals surface area (Å²) in [4.78, 5) is 1.82. The van der Waals surface area contributed by atoms with Crippen molar-refractivity contribution in [1.29, 1.82) is 0 Å². The molecule has 0 saturated carbocycles. The molecule has 2 fully saturated rings. The largest absolute Gasteiger partial charge is 0.390 e. The lowest BCUT2D eigenvalue weighted by molar-refractivity contribution is -0.122. The summed E-state index contributed by atoms with van der Waals surface area (Å²) in [6, 6.07) is 0. The summed E-state index contributed by atoms with van der Waals surface area (Å²) < 4.78 is 12.1. The molecule has 4 nitrogen and oxygen atoms in total. The third-order valence-corrected chi connectivity index (χ3v) is 5.61. The van der Waals surface area contributed by atoms with Crippen LogP contribution in [0.25, 0.3) is 0 Å². The Hall–Kier alpha value is 0.320. The smallest absolute Gasteiger partial charge is 0.0871 e. The third-order valence-electron chi connectivity index (χ3n) is 4.11. The van der Waals surface area contributed by atoms with Crippen molar-refractivity contribution < 1.29 is 19.7 Å². The minimum Gasteiger partial charge on any atom is -0.390 e.